The highest BCUT2D eigenvalue weighted by Gasteiger charge is 2.12. The average molecular weight is 258 g/mol. The van der Waals surface area contributed by atoms with Crippen molar-refractivity contribution >= 4 is 11.8 Å². The van der Waals surface area contributed by atoms with Crippen LogP contribution >= 0.6 is 0 Å². The van der Waals surface area contributed by atoms with E-state index in [1.165, 1.54) is 6.92 Å². The molecule has 19 heavy (non-hydrogen) atoms. The quantitative estimate of drug-likeness (QED) is 0.853. The van der Waals surface area contributed by atoms with Gasteiger partial charge >= 0.3 is 5.97 Å². The van der Waals surface area contributed by atoms with Crippen LogP contribution in [0.5, 0.6) is 0 Å². The van der Waals surface area contributed by atoms with Gasteiger partial charge in [0.25, 0.3) is 0 Å². The number of nitrogens with zero attached hydrogens (tertiary/aromatic N) is 1. The van der Waals surface area contributed by atoms with Crippen LogP contribution in [0.4, 0.5) is 0 Å². The first-order valence-electron chi connectivity index (χ1n) is 5.85. The van der Waals surface area contributed by atoms with Crippen LogP contribution < -0.4 is 0 Å². The van der Waals surface area contributed by atoms with E-state index in [1.54, 1.807) is 6.07 Å². The molecule has 2 rings (SSSR count). The van der Waals surface area contributed by atoms with Gasteiger partial charge in [-0.3, -0.25) is 9.89 Å². The lowest BCUT2D eigenvalue weighted by Gasteiger charge is -1.98. The zero-order valence-electron chi connectivity index (χ0n) is 10.8. The van der Waals surface area contributed by atoms with E-state index in [0.717, 1.165) is 11.1 Å². The monoisotopic (exact) mass is 258 g/mol. The molecule has 5 nitrogen and oxygen atoms in total. The Kier molecular flexibility index (Phi) is 3.75. The molecule has 0 amide bonds. The molecular weight excluding hydrogens is 244 g/mol. The Morgan fingerprint density at radius 3 is 2.58 bits per heavy atom. The lowest BCUT2D eigenvalue weighted by atomic mass is 10.1. The molecule has 0 saturated carbocycles. The third kappa shape index (κ3) is 3.28. The molecule has 0 radical (unpaired) electrons. The van der Waals surface area contributed by atoms with Crippen LogP contribution in [0.1, 0.15) is 23.0 Å². The maximum absolute atomic E-state index is 11.6. The number of carbonyl (C=O) groups excluding carboxylic acids is 2. The summed E-state index contributed by atoms with van der Waals surface area (Å²) < 4.78 is 4.80. The number of benzene rings is 1. The largest absolute Gasteiger partial charge is 0.453 e. The summed E-state index contributed by atoms with van der Waals surface area (Å²) in [7, 11) is 0. The Hall–Kier alpha value is -2.43. The van der Waals surface area contributed by atoms with Crippen molar-refractivity contribution in [3.63, 3.8) is 0 Å². The minimum absolute atomic E-state index is 0.202. The van der Waals surface area contributed by atoms with E-state index in [1.807, 2.05) is 31.2 Å². The second-order valence-electron chi connectivity index (χ2n) is 4.31. The lowest BCUT2D eigenvalue weighted by Crippen LogP contribution is -2.11. The third-order valence-corrected chi connectivity index (χ3v) is 2.55. The number of nitrogens with one attached hydrogen (secondary N) is 1. The molecule has 98 valence electrons. The number of Topliss-reactive ketones (excluding diaryl/α,β-unsaturated/α-hetero) is 1. The van der Waals surface area contributed by atoms with Crippen molar-refractivity contribution in [2.75, 3.05) is 6.61 Å². The first-order chi connectivity index (χ1) is 9.06. The lowest BCUT2D eigenvalue weighted by molar-refractivity contribution is -0.120. The van der Waals surface area contributed by atoms with Crippen molar-refractivity contribution in [1.82, 2.24) is 10.2 Å². The molecule has 5 heteroatoms. The van der Waals surface area contributed by atoms with Crippen molar-refractivity contribution in [2.24, 2.45) is 0 Å². The average Bonchev–Trinajstić information content (AvgIpc) is 2.86. The number of aryl methyl sites for hydroxylation is 1. The molecule has 1 aromatic heterocycles. The Morgan fingerprint density at radius 1 is 1.26 bits per heavy atom. The van der Waals surface area contributed by atoms with Crippen molar-refractivity contribution in [3.8, 4) is 11.3 Å². The molecule has 0 aliphatic rings. The molecule has 1 aromatic carbocycles. The predicted molar refractivity (Wildman–Crippen MR) is 69.7 cm³/mol. The van der Waals surface area contributed by atoms with Gasteiger partial charge in [-0.1, -0.05) is 29.8 Å². The summed E-state index contributed by atoms with van der Waals surface area (Å²) >= 11 is 0. The number of esters is 1. The molecule has 0 aliphatic heterocycles. The normalized spacial score (nSPS) is 10.2. The van der Waals surface area contributed by atoms with E-state index < -0.39 is 5.97 Å². The SMILES string of the molecule is CC(=O)COC(=O)c1cc(-c2ccc(C)cc2)n[nH]1. The van der Waals surface area contributed by atoms with E-state index in [0.29, 0.717) is 5.69 Å². The fraction of sp³-hybridized carbons (Fsp3) is 0.214. The molecule has 0 bridgehead atoms. The van der Waals surface area contributed by atoms with Crippen LogP contribution in [-0.4, -0.2) is 28.6 Å². The number of aromatic amines is 1. The van der Waals surface area contributed by atoms with Gasteiger partial charge in [-0.05, 0) is 19.9 Å². The van der Waals surface area contributed by atoms with E-state index in [-0.39, 0.29) is 18.1 Å². The number of H-pyrrole nitrogens is 1. The van der Waals surface area contributed by atoms with Crippen LogP contribution in [-0.2, 0) is 9.53 Å². The van der Waals surface area contributed by atoms with Crippen molar-refractivity contribution in [1.29, 1.82) is 0 Å². The van der Waals surface area contributed by atoms with Gasteiger partial charge in [0, 0.05) is 5.56 Å². The number of hydrogen-bond donors (Lipinski definition) is 1. The number of ether oxygens (including phenoxy) is 1. The number of ketones is 1. The molecule has 0 fully saturated rings. The van der Waals surface area contributed by atoms with E-state index in [4.69, 9.17) is 4.74 Å². The summed E-state index contributed by atoms with van der Waals surface area (Å²) in [6.45, 7) is 3.13. The van der Waals surface area contributed by atoms with E-state index in [9.17, 15) is 9.59 Å². The highest BCUT2D eigenvalue weighted by Crippen LogP contribution is 2.18. The highest BCUT2D eigenvalue weighted by molar-refractivity contribution is 5.90. The molecule has 0 aliphatic carbocycles. The Labute approximate surface area is 110 Å². The van der Waals surface area contributed by atoms with Gasteiger partial charge in [0.15, 0.2) is 5.78 Å². The molecule has 1 heterocycles. The topological polar surface area (TPSA) is 72.1 Å². The Balaban J connectivity index is 2.12. The minimum Gasteiger partial charge on any atom is -0.453 e. The second kappa shape index (κ2) is 5.48. The molecular formula is C14H14N2O3. The van der Waals surface area contributed by atoms with Crippen molar-refractivity contribution in [3.05, 3.63) is 41.6 Å². The van der Waals surface area contributed by atoms with Gasteiger partial charge in [-0.25, -0.2) is 4.79 Å². The molecule has 0 atom stereocenters. The van der Waals surface area contributed by atoms with Crippen LogP contribution in [0.25, 0.3) is 11.3 Å². The number of carbonyl (C=O) groups is 2. The Bertz CT molecular complexity index is 599. The number of aromatic nitrogens is 2. The van der Waals surface area contributed by atoms with Gasteiger partial charge in [0.05, 0.1) is 5.69 Å². The fourth-order valence-electron chi connectivity index (χ4n) is 1.54. The van der Waals surface area contributed by atoms with E-state index in [2.05, 4.69) is 10.2 Å². The van der Waals surface area contributed by atoms with Crippen LogP contribution in [0.15, 0.2) is 30.3 Å². The van der Waals surface area contributed by atoms with Gasteiger partial charge in [-0.2, -0.15) is 5.10 Å². The smallest absolute Gasteiger partial charge is 0.356 e. The van der Waals surface area contributed by atoms with Crippen LogP contribution in [0, 0.1) is 6.92 Å². The number of rotatable bonds is 4. The maximum Gasteiger partial charge on any atom is 0.356 e. The molecule has 2 aromatic rings. The summed E-state index contributed by atoms with van der Waals surface area (Å²) in [4.78, 5) is 22.3. The van der Waals surface area contributed by atoms with E-state index >= 15 is 0 Å². The first-order valence-corrected chi connectivity index (χ1v) is 5.85. The third-order valence-electron chi connectivity index (χ3n) is 2.55. The summed E-state index contributed by atoms with van der Waals surface area (Å²) in [5.74, 6) is -0.785. The molecule has 0 unspecified atom stereocenters. The summed E-state index contributed by atoms with van der Waals surface area (Å²) in [6.07, 6.45) is 0. The second-order valence-corrected chi connectivity index (χ2v) is 4.31. The molecule has 1 N–H and O–H groups in total. The first kappa shape index (κ1) is 13.0. The van der Waals surface area contributed by atoms with Crippen LogP contribution in [0.3, 0.4) is 0 Å². The minimum atomic E-state index is -0.582. The van der Waals surface area contributed by atoms with Gasteiger partial charge in [-0.15, -0.1) is 0 Å². The van der Waals surface area contributed by atoms with Crippen LogP contribution in [0.2, 0.25) is 0 Å². The maximum atomic E-state index is 11.6. The van der Waals surface area contributed by atoms with Gasteiger partial charge < -0.3 is 4.74 Å². The standard InChI is InChI=1S/C14H14N2O3/c1-9-3-5-11(6-4-9)12-7-13(16-15-12)14(18)19-8-10(2)17/h3-7H,8H2,1-2H3,(H,15,16). The fourth-order valence-corrected chi connectivity index (χ4v) is 1.54. The zero-order chi connectivity index (χ0) is 13.8. The summed E-state index contributed by atoms with van der Waals surface area (Å²) in [5, 5.41) is 6.66. The number of hydrogen-bond acceptors (Lipinski definition) is 4. The predicted octanol–water partition coefficient (Wildman–Crippen LogP) is 2.13. The molecule has 0 saturated heterocycles. The summed E-state index contributed by atoms with van der Waals surface area (Å²) in [5.41, 5.74) is 2.96. The molecule has 0 spiro atoms. The Morgan fingerprint density at radius 2 is 1.95 bits per heavy atom. The van der Waals surface area contributed by atoms with Crippen molar-refractivity contribution < 1.29 is 14.3 Å². The highest BCUT2D eigenvalue weighted by atomic mass is 16.5. The zero-order valence-corrected chi connectivity index (χ0v) is 10.8. The van der Waals surface area contributed by atoms with Crippen molar-refractivity contribution in [2.45, 2.75) is 13.8 Å². The van der Waals surface area contributed by atoms with Gasteiger partial charge in [0.1, 0.15) is 12.3 Å². The van der Waals surface area contributed by atoms with Gasteiger partial charge in [0.2, 0.25) is 0 Å². The summed E-state index contributed by atoms with van der Waals surface area (Å²) in [6, 6.07) is 9.40.